The minimum absolute atomic E-state index is 0.139. The van der Waals surface area contributed by atoms with Crippen molar-refractivity contribution in [1.29, 1.82) is 0 Å². The third-order valence-electron chi connectivity index (χ3n) is 4.79. The van der Waals surface area contributed by atoms with Crippen molar-refractivity contribution in [3.05, 3.63) is 60.8 Å². The van der Waals surface area contributed by atoms with Crippen LogP contribution in [0.1, 0.15) is 13.3 Å². The molecule has 2 aromatic carbocycles. The molecule has 3 aromatic rings. The molecular weight excluding hydrogens is 354 g/mol. The summed E-state index contributed by atoms with van der Waals surface area (Å²) in [5.41, 5.74) is 2.10. The van der Waals surface area contributed by atoms with Crippen LogP contribution < -0.4 is 15.4 Å². The van der Waals surface area contributed by atoms with E-state index in [-0.39, 0.29) is 23.7 Å². The number of pyridine rings is 1. The topological polar surface area (TPSA) is 80.3 Å². The highest BCUT2D eigenvalue weighted by Crippen LogP contribution is 2.40. The zero-order valence-corrected chi connectivity index (χ0v) is 15.5. The second-order valence-electron chi connectivity index (χ2n) is 6.77. The Morgan fingerprint density at radius 2 is 1.71 bits per heavy atom. The quantitative estimate of drug-likeness (QED) is 0.686. The molecule has 1 fully saturated rings. The van der Waals surface area contributed by atoms with Gasteiger partial charge in [0.1, 0.15) is 5.75 Å². The van der Waals surface area contributed by atoms with Gasteiger partial charge in [-0.05, 0) is 49.7 Å². The van der Waals surface area contributed by atoms with Crippen LogP contribution in [-0.4, -0.2) is 23.4 Å². The van der Waals surface area contributed by atoms with Gasteiger partial charge in [0.2, 0.25) is 11.8 Å². The van der Waals surface area contributed by atoms with Crippen molar-refractivity contribution in [2.24, 2.45) is 11.8 Å². The minimum atomic E-state index is -0.318. The van der Waals surface area contributed by atoms with Crippen molar-refractivity contribution >= 4 is 34.1 Å². The van der Waals surface area contributed by atoms with Crippen molar-refractivity contribution in [3.63, 3.8) is 0 Å². The molecule has 1 aliphatic carbocycles. The number of anilines is 2. The number of carbonyl (C=O) groups is 2. The van der Waals surface area contributed by atoms with E-state index in [9.17, 15) is 9.59 Å². The molecule has 1 aromatic heterocycles. The third kappa shape index (κ3) is 3.81. The summed E-state index contributed by atoms with van der Waals surface area (Å²) in [6.45, 7) is 2.51. The van der Waals surface area contributed by atoms with Gasteiger partial charge in [-0.15, -0.1) is 0 Å². The number of aromatic nitrogens is 1. The number of para-hydroxylation sites is 1. The number of ether oxygens (including phenoxy) is 1. The van der Waals surface area contributed by atoms with Gasteiger partial charge in [0.15, 0.2) is 0 Å². The van der Waals surface area contributed by atoms with Gasteiger partial charge in [-0.3, -0.25) is 14.6 Å². The third-order valence-corrected chi connectivity index (χ3v) is 4.79. The van der Waals surface area contributed by atoms with E-state index in [1.807, 2.05) is 49.4 Å². The first-order valence-corrected chi connectivity index (χ1v) is 9.34. The molecule has 0 spiro atoms. The van der Waals surface area contributed by atoms with Gasteiger partial charge in [0.25, 0.3) is 0 Å². The van der Waals surface area contributed by atoms with Crippen LogP contribution >= 0.6 is 0 Å². The number of amides is 2. The molecule has 28 heavy (non-hydrogen) atoms. The van der Waals surface area contributed by atoms with Crippen LogP contribution in [0.15, 0.2) is 60.8 Å². The molecule has 2 atom stereocenters. The largest absolute Gasteiger partial charge is 0.494 e. The van der Waals surface area contributed by atoms with Crippen molar-refractivity contribution in [2.75, 3.05) is 17.2 Å². The summed E-state index contributed by atoms with van der Waals surface area (Å²) in [5, 5.41) is 6.74. The molecule has 0 radical (unpaired) electrons. The van der Waals surface area contributed by atoms with Crippen molar-refractivity contribution in [2.45, 2.75) is 13.3 Å². The second kappa shape index (κ2) is 7.68. The molecule has 1 aliphatic rings. The summed E-state index contributed by atoms with van der Waals surface area (Å²) in [6, 6.07) is 16.7. The molecule has 1 heterocycles. The number of hydrogen-bond donors (Lipinski definition) is 2. The fourth-order valence-electron chi connectivity index (χ4n) is 3.24. The summed E-state index contributed by atoms with van der Waals surface area (Å²) in [5.74, 6) is -0.158. The van der Waals surface area contributed by atoms with Crippen molar-refractivity contribution in [1.82, 2.24) is 4.98 Å². The Hall–Kier alpha value is -3.41. The monoisotopic (exact) mass is 375 g/mol. The van der Waals surface area contributed by atoms with Gasteiger partial charge >= 0.3 is 0 Å². The molecule has 2 N–H and O–H groups in total. The molecular formula is C22H21N3O3. The average Bonchev–Trinajstić information content (AvgIpc) is 3.51. The lowest BCUT2D eigenvalue weighted by Crippen LogP contribution is -2.20. The van der Waals surface area contributed by atoms with E-state index in [4.69, 9.17) is 4.74 Å². The predicted molar refractivity (Wildman–Crippen MR) is 108 cm³/mol. The number of nitrogens with one attached hydrogen (secondary N) is 2. The Bertz CT molecular complexity index is 1010. The van der Waals surface area contributed by atoms with Crippen LogP contribution in [0.5, 0.6) is 5.75 Å². The molecule has 1 saturated carbocycles. The summed E-state index contributed by atoms with van der Waals surface area (Å²) in [4.78, 5) is 29.3. The first kappa shape index (κ1) is 18.0. The van der Waals surface area contributed by atoms with E-state index in [0.717, 1.165) is 16.7 Å². The fraction of sp³-hybridized carbons (Fsp3) is 0.227. The Balaban J connectivity index is 1.36. The lowest BCUT2D eigenvalue weighted by molar-refractivity contribution is -0.122. The number of nitrogens with zero attached hydrogens (tertiary/aromatic N) is 1. The molecule has 6 heteroatoms. The van der Waals surface area contributed by atoms with E-state index in [2.05, 4.69) is 15.6 Å². The maximum Gasteiger partial charge on any atom is 0.228 e. The number of rotatable bonds is 6. The Kier molecular flexibility index (Phi) is 4.93. The summed E-state index contributed by atoms with van der Waals surface area (Å²) in [6.07, 6.45) is 2.25. The van der Waals surface area contributed by atoms with E-state index >= 15 is 0 Å². The van der Waals surface area contributed by atoms with Gasteiger partial charge in [-0.25, -0.2) is 0 Å². The minimum Gasteiger partial charge on any atom is -0.494 e. The van der Waals surface area contributed by atoms with Crippen LogP contribution in [0.3, 0.4) is 0 Å². The summed E-state index contributed by atoms with van der Waals surface area (Å²) >= 11 is 0. The Morgan fingerprint density at radius 1 is 1.00 bits per heavy atom. The lowest BCUT2D eigenvalue weighted by atomic mass is 10.2. The highest BCUT2D eigenvalue weighted by atomic mass is 16.5. The maximum atomic E-state index is 12.6. The Morgan fingerprint density at radius 3 is 2.46 bits per heavy atom. The molecule has 0 bridgehead atoms. The number of hydrogen-bond acceptors (Lipinski definition) is 4. The van der Waals surface area contributed by atoms with E-state index in [1.54, 1.807) is 18.3 Å². The number of benzene rings is 2. The first-order valence-electron chi connectivity index (χ1n) is 9.34. The van der Waals surface area contributed by atoms with Crippen LogP contribution in [0.2, 0.25) is 0 Å². The highest BCUT2D eigenvalue weighted by molar-refractivity contribution is 6.06. The zero-order chi connectivity index (χ0) is 19.5. The van der Waals surface area contributed by atoms with E-state index in [1.165, 1.54) is 0 Å². The average molecular weight is 375 g/mol. The smallest absolute Gasteiger partial charge is 0.228 e. The van der Waals surface area contributed by atoms with Crippen LogP contribution in [0.25, 0.3) is 10.9 Å². The van der Waals surface area contributed by atoms with Crippen molar-refractivity contribution in [3.8, 4) is 5.75 Å². The first-order chi connectivity index (χ1) is 13.7. The second-order valence-corrected chi connectivity index (χ2v) is 6.77. The van der Waals surface area contributed by atoms with Crippen LogP contribution in [0, 0.1) is 11.8 Å². The molecule has 6 nitrogen and oxygen atoms in total. The van der Waals surface area contributed by atoms with Crippen LogP contribution in [-0.2, 0) is 9.59 Å². The molecule has 2 unspecified atom stereocenters. The lowest BCUT2D eigenvalue weighted by Gasteiger charge is -2.09. The van der Waals surface area contributed by atoms with Gasteiger partial charge in [0.05, 0.1) is 29.6 Å². The van der Waals surface area contributed by atoms with E-state index in [0.29, 0.717) is 24.4 Å². The fourth-order valence-corrected chi connectivity index (χ4v) is 3.24. The van der Waals surface area contributed by atoms with Gasteiger partial charge in [-0.2, -0.15) is 0 Å². The van der Waals surface area contributed by atoms with Gasteiger partial charge in [-0.1, -0.05) is 18.2 Å². The normalized spacial score (nSPS) is 17.8. The maximum absolute atomic E-state index is 12.6. The Labute approximate surface area is 162 Å². The molecule has 0 aliphatic heterocycles. The number of carbonyl (C=O) groups excluding carboxylic acids is 2. The van der Waals surface area contributed by atoms with Crippen LogP contribution in [0.4, 0.5) is 11.4 Å². The highest BCUT2D eigenvalue weighted by Gasteiger charge is 2.48. The van der Waals surface area contributed by atoms with Gasteiger partial charge in [0, 0.05) is 17.3 Å². The standard InChI is InChI=1S/C22H21N3O3/c1-2-28-16-10-8-15(9-11-16)24-21(26)17-13-18(17)22(27)25-19-7-3-5-14-6-4-12-23-20(14)19/h3-12,17-18H,2,13H2,1H3,(H,24,26)(H,25,27). The van der Waals surface area contributed by atoms with E-state index < -0.39 is 0 Å². The van der Waals surface area contributed by atoms with Crippen molar-refractivity contribution < 1.29 is 14.3 Å². The number of fused-ring (bicyclic) bond motifs is 1. The molecule has 4 rings (SSSR count). The molecule has 142 valence electrons. The molecule has 0 saturated heterocycles. The predicted octanol–water partition coefficient (Wildman–Crippen LogP) is 3.85. The zero-order valence-electron chi connectivity index (χ0n) is 15.5. The summed E-state index contributed by atoms with van der Waals surface area (Å²) in [7, 11) is 0. The SMILES string of the molecule is CCOc1ccc(NC(=O)C2CC2C(=O)Nc2cccc3cccnc23)cc1. The summed E-state index contributed by atoms with van der Waals surface area (Å²) < 4.78 is 5.39. The molecule has 2 amide bonds. The van der Waals surface area contributed by atoms with Gasteiger partial charge < -0.3 is 15.4 Å².